The van der Waals surface area contributed by atoms with Crippen LogP contribution in [-0.2, 0) is 0 Å². The Kier molecular flexibility index (Phi) is 5.62. The molecule has 3 heterocycles. The first kappa shape index (κ1) is 19.6. The number of fused-ring (bicyclic) bond motifs is 2. The highest BCUT2D eigenvalue weighted by atomic mass is 79.9. The molecule has 0 aliphatic carbocycles. The van der Waals surface area contributed by atoms with E-state index in [2.05, 4.69) is 48.3 Å². The molecule has 0 spiro atoms. The quantitative estimate of drug-likeness (QED) is 0.298. The number of nitrogens with one attached hydrogen (secondary N) is 1. The molecule has 5 nitrogen and oxygen atoms in total. The molecule has 5 rings (SSSR count). The Labute approximate surface area is 185 Å². The number of aromatic nitrogens is 3. The SMILES string of the molecule is Brc1cc2ncnc(Nc3ccc4c(Oc5ccccn5)cccc4c3)c2s1.Cl. The van der Waals surface area contributed by atoms with Gasteiger partial charge in [-0.05, 0) is 57.7 Å². The average molecular weight is 486 g/mol. The topological polar surface area (TPSA) is 59.9 Å². The summed E-state index contributed by atoms with van der Waals surface area (Å²) in [6, 6.07) is 19.7. The second kappa shape index (κ2) is 8.32. The van der Waals surface area contributed by atoms with E-state index in [9.17, 15) is 0 Å². The average Bonchev–Trinajstić information content (AvgIpc) is 3.10. The predicted octanol–water partition coefficient (Wildman–Crippen LogP) is 6.96. The van der Waals surface area contributed by atoms with Gasteiger partial charge in [-0.1, -0.05) is 18.2 Å². The Morgan fingerprint density at radius 1 is 0.931 bits per heavy atom. The summed E-state index contributed by atoms with van der Waals surface area (Å²) in [5.74, 6) is 2.14. The van der Waals surface area contributed by atoms with Crippen molar-refractivity contribution in [3.8, 4) is 11.6 Å². The van der Waals surface area contributed by atoms with Crippen LogP contribution in [0.3, 0.4) is 0 Å². The zero-order chi connectivity index (χ0) is 18.9. The number of rotatable bonds is 4. The van der Waals surface area contributed by atoms with Crippen molar-refractivity contribution in [1.29, 1.82) is 0 Å². The maximum atomic E-state index is 5.95. The van der Waals surface area contributed by atoms with E-state index in [4.69, 9.17) is 4.74 Å². The third-order valence-electron chi connectivity index (χ3n) is 4.24. The van der Waals surface area contributed by atoms with Gasteiger partial charge in [-0.15, -0.1) is 23.7 Å². The van der Waals surface area contributed by atoms with Crippen LogP contribution in [0.1, 0.15) is 0 Å². The summed E-state index contributed by atoms with van der Waals surface area (Å²) in [7, 11) is 0. The van der Waals surface area contributed by atoms with Crippen molar-refractivity contribution in [2.45, 2.75) is 0 Å². The van der Waals surface area contributed by atoms with Crippen molar-refractivity contribution in [2.24, 2.45) is 0 Å². The Balaban J connectivity index is 0.00000205. The number of nitrogens with zero attached hydrogens (tertiary/aromatic N) is 3. The number of pyridine rings is 1. The maximum Gasteiger partial charge on any atom is 0.219 e. The second-order valence-electron chi connectivity index (χ2n) is 6.07. The summed E-state index contributed by atoms with van der Waals surface area (Å²) >= 11 is 5.12. The van der Waals surface area contributed by atoms with E-state index in [1.54, 1.807) is 23.9 Å². The molecule has 2 aromatic carbocycles. The number of benzene rings is 2. The van der Waals surface area contributed by atoms with E-state index < -0.39 is 0 Å². The highest BCUT2D eigenvalue weighted by Crippen LogP contribution is 2.35. The summed E-state index contributed by atoms with van der Waals surface area (Å²) in [6.45, 7) is 0. The smallest absolute Gasteiger partial charge is 0.219 e. The van der Waals surface area contributed by atoms with Gasteiger partial charge < -0.3 is 10.1 Å². The number of thiophene rings is 1. The highest BCUT2D eigenvalue weighted by molar-refractivity contribution is 9.11. The van der Waals surface area contributed by atoms with Crippen molar-refractivity contribution in [3.05, 3.63) is 77.0 Å². The van der Waals surface area contributed by atoms with Crippen LogP contribution in [0.2, 0.25) is 0 Å². The molecule has 0 atom stereocenters. The normalized spacial score (nSPS) is 10.7. The molecule has 0 aliphatic heterocycles. The lowest BCUT2D eigenvalue weighted by atomic mass is 10.1. The number of anilines is 2. The molecule has 0 unspecified atom stereocenters. The van der Waals surface area contributed by atoms with E-state index in [1.807, 2.05) is 48.5 Å². The van der Waals surface area contributed by atoms with Gasteiger partial charge in [0.2, 0.25) is 5.88 Å². The molecule has 8 heteroatoms. The van der Waals surface area contributed by atoms with E-state index in [-0.39, 0.29) is 12.4 Å². The van der Waals surface area contributed by atoms with E-state index >= 15 is 0 Å². The molecule has 1 N–H and O–H groups in total. The molecule has 0 radical (unpaired) electrons. The van der Waals surface area contributed by atoms with Crippen molar-refractivity contribution < 1.29 is 4.74 Å². The zero-order valence-corrected chi connectivity index (χ0v) is 18.1. The summed E-state index contributed by atoms with van der Waals surface area (Å²) < 4.78 is 8.00. The first-order chi connectivity index (χ1) is 13.8. The van der Waals surface area contributed by atoms with Crippen LogP contribution in [0.5, 0.6) is 11.6 Å². The van der Waals surface area contributed by atoms with Crippen molar-refractivity contribution in [1.82, 2.24) is 15.0 Å². The van der Waals surface area contributed by atoms with Gasteiger partial charge in [-0.2, -0.15) is 0 Å². The first-order valence-corrected chi connectivity index (χ1v) is 10.2. The van der Waals surface area contributed by atoms with E-state index in [0.29, 0.717) is 5.88 Å². The minimum absolute atomic E-state index is 0. The predicted molar refractivity (Wildman–Crippen MR) is 124 cm³/mol. The van der Waals surface area contributed by atoms with E-state index in [0.717, 1.165) is 42.0 Å². The van der Waals surface area contributed by atoms with Crippen molar-refractivity contribution in [2.75, 3.05) is 5.32 Å². The fraction of sp³-hybridized carbons (Fsp3) is 0. The molecular weight excluding hydrogens is 472 g/mol. The standard InChI is InChI=1S/C21H13BrN4OS.ClH/c22-18-11-16-20(28-18)21(25-12-24-16)26-14-7-8-15-13(10-14)4-3-5-17(15)27-19-6-1-2-9-23-19;/h1-12H,(H,24,25,26);1H. The molecule has 0 saturated heterocycles. The molecule has 29 heavy (non-hydrogen) atoms. The fourth-order valence-electron chi connectivity index (χ4n) is 2.99. The van der Waals surface area contributed by atoms with Gasteiger partial charge in [-0.3, -0.25) is 0 Å². The summed E-state index contributed by atoms with van der Waals surface area (Å²) in [5, 5.41) is 5.49. The van der Waals surface area contributed by atoms with Crippen LogP contribution in [0.4, 0.5) is 11.5 Å². The molecule has 0 aliphatic rings. The summed E-state index contributed by atoms with van der Waals surface area (Å²) in [5.41, 5.74) is 1.87. The maximum absolute atomic E-state index is 5.95. The second-order valence-corrected chi connectivity index (χ2v) is 8.51. The van der Waals surface area contributed by atoms with E-state index in [1.165, 1.54) is 0 Å². The van der Waals surface area contributed by atoms with Gasteiger partial charge in [0.25, 0.3) is 0 Å². The molecule has 3 aromatic heterocycles. The molecule has 0 bridgehead atoms. The van der Waals surface area contributed by atoms with Gasteiger partial charge in [0.1, 0.15) is 12.1 Å². The summed E-state index contributed by atoms with van der Waals surface area (Å²) in [6.07, 6.45) is 3.29. The summed E-state index contributed by atoms with van der Waals surface area (Å²) in [4.78, 5) is 12.9. The van der Waals surface area contributed by atoms with Gasteiger partial charge in [0.15, 0.2) is 5.82 Å². The van der Waals surface area contributed by atoms with Crippen LogP contribution in [-0.4, -0.2) is 15.0 Å². The van der Waals surface area contributed by atoms with Gasteiger partial charge in [-0.25, -0.2) is 15.0 Å². The monoisotopic (exact) mass is 484 g/mol. The minimum Gasteiger partial charge on any atom is -0.438 e. The fourth-order valence-corrected chi connectivity index (χ4v) is 4.48. The first-order valence-electron chi connectivity index (χ1n) is 8.55. The lowest BCUT2D eigenvalue weighted by Gasteiger charge is -2.11. The van der Waals surface area contributed by atoms with Crippen LogP contribution >= 0.6 is 39.7 Å². The molecule has 144 valence electrons. The molecule has 0 saturated carbocycles. The Hall–Kier alpha value is -2.74. The molecular formula is C21H14BrClN4OS. The third kappa shape index (κ3) is 4.03. The van der Waals surface area contributed by atoms with Crippen LogP contribution in [0, 0.1) is 0 Å². The van der Waals surface area contributed by atoms with Crippen LogP contribution in [0.25, 0.3) is 21.0 Å². The highest BCUT2D eigenvalue weighted by Gasteiger charge is 2.09. The Bertz CT molecular complexity index is 1300. The van der Waals surface area contributed by atoms with Gasteiger partial charge >= 0.3 is 0 Å². The van der Waals surface area contributed by atoms with Gasteiger partial charge in [0, 0.05) is 23.3 Å². The number of ether oxygens (including phenoxy) is 1. The Morgan fingerprint density at radius 2 is 1.86 bits per heavy atom. The minimum atomic E-state index is 0. The van der Waals surface area contributed by atoms with Gasteiger partial charge in [0.05, 0.1) is 14.0 Å². The van der Waals surface area contributed by atoms with Crippen molar-refractivity contribution in [3.63, 3.8) is 0 Å². The largest absolute Gasteiger partial charge is 0.438 e. The number of hydrogen-bond donors (Lipinski definition) is 1. The molecule has 5 aromatic rings. The molecule has 0 amide bonds. The lowest BCUT2D eigenvalue weighted by Crippen LogP contribution is -1.94. The Morgan fingerprint density at radius 3 is 2.72 bits per heavy atom. The number of halogens is 2. The van der Waals surface area contributed by atoms with Crippen LogP contribution < -0.4 is 10.1 Å². The third-order valence-corrected chi connectivity index (χ3v) is 5.87. The van der Waals surface area contributed by atoms with Crippen molar-refractivity contribution >= 4 is 72.2 Å². The zero-order valence-electron chi connectivity index (χ0n) is 14.9. The van der Waals surface area contributed by atoms with Crippen LogP contribution in [0.15, 0.2) is 77.0 Å². The lowest BCUT2D eigenvalue weighted by molar-refractivity contribution is 0.468. The number of hydrogen-bond acceptors (Lipinski definition) is 6. The molecule has 0 fully saturated rings.